The minimum atomic E-state index is -0.544. The normalized spacial score (nSPS) is 15.5. The number of halogens is 1. The van der Waals surface area contributed by atoms with Crippen LogP contribution in [0.5, 0.6) is 0 Å². The number of nitrogens with one attached hydrogen (secondary N) is 1. The molecular weight excluding hydrogens is 425 g/mol. The molecule has 0 radical (unpaired) electrons. The summed E-state index contributed by atoms with van der Waals surface area (Å²) in [5, 5.41) is 2.68. The standard InChI is InChI=1S/C25H22FN3O2S/c1-14-7-5-10-22(16(14)3)29-24(31)21(23(30)27-25(29)32)12-18-11-15(2)28(17(18)4)20-9-6-8-19(26)13-20/h5-13H,1-4H3,(H,27,30,32)/b21-12+. The number of amides is 2. The number of carbonyl (C=O) groups is 2. The van der Waals surface area contributed by atoms with E-state index in [1.54, 1.807) is 24.3 Å². The number of aromatic nitrogens is 1. The third-order valence-electron chi connectivity index (χ3n) is 5.76. The average Bonchev–Trinajstić information content (AvgIpc) is 3.01. The highest BCUT2D eigenvalue weighted by atomic mass is 32.1. The molecule has 3 aromatic rings. The van der Waals surface area contributed by atoms with Gasteiger partial charge in [0, 0.05) is 17.1 Å². The van der Waals surface area contributed by atoms with Crippen LogP contribution < -0.4 is 10.2 Å². The monoisotopic (exact) mass is 447 g/mol. The molecule has 0 spiro atoms. The Hall–Kier alpha value is -3.58. The van der Waals surface area contributed by atoms with Gasteiger partial charge in [-0.15, -0.1) is 0 Å². The maximum Gasteiger partial charge on any atom is 0.270 e. The topological polar surface area (TPSA) is 54.3 Å². The SMILES string of the molecule is Cc1cccc(N2C(=O)/C(=C/c3cc(C)n(-c4cccc(F)c4)c3C)C(=O)NC2=S)c1C. The van der Waals surface area contributed by atoms with Gasteiger partial charge in [0.15, 0.2) is 5.11 Å². The number of nitrogens with zero attached hydrogens (tertiary/aromatic N) is 2. The highest BCUT2D eigenvalue weighted by Crippen LogP contribution is 2.28. The third-order valence-corrected chi connectivity index (χ3v) is 6.04. The highest BCUT2D eigenvalue weighted by Gasteiger charge is 2.35. The minimum Gasteiger partial charge on any atom is -0.318 e. The molecule has 7 heteroatoms. The Kier molecular flexibility index (Phi) is 5.52. The molecule has 1 aromatic heterocycles. The molecule has 4 rings (SSSR count). The Balaban J connectivity index is 1.79. The van der Waals surface area contributed by atoms with Gasteiger partial charge in [0.2, 0.25) is 0 Å². The summed E-state index contributed by atoms with van der Waals surface area (Å²) >= 11 is 5.32. The molecule has 2 aromatic carbocycles. The predicted octanol–water partition coefficient (Wildman–Crippen LogP) is 4.68. The Morgan fingerprint density at radius 2 is 1.72 bits per heavy atom. The molecule has 1 N–H and O–H groups in total. The summed E-state index contributed by atoms with van der Waals surface area (Å²) in [5.74, 6) is -1.37. The van der Waals surface area contributed by atoms with Crippen LogP contribution in [0.4, 0.5) is 10.1 Å². The smallest absolute Gasteiger partial charge is 0.270 e. The second-order valence-corrected chi connectivity index (χ2v) is 8.21. The molecule has 1 aliphatic heterocycles. The van der Waals surface area contributed by atoms with E-state index in [4.69, 9.17) is 12.2 Å². The lowest BCUT2D eigenvalue weighted by molar-refractivity contribution is -0.122. The van der Waals surface area contributed by atoms with E-state index in [1.807, 2.05) is 50.5 Å². The van der Waals surface area contributed by atoms with Crippen LogP contribution >= 0.6 is 12.2 Å². The largest absolute Gasteiger partial charge is 0.318 e. The fraction of sp³-hybridized carbons (Fsp3) is 0.160. The van der Waals surface area contributed by atoms with Crippen molar-refractivity contribution in [1.82, 2.24) is 9.88 Å². The number of carbonyl (C=O) groups excluding carboxylic acids is 2. The molecule has 0 unspecified atom stereocenters. The van der Waals surface area contributed by atoms with Gasteiger partial charge >= 0.3 is 0 Å². The van der Waals surface area contributed by atoms with E-state index in [2.05, 4.69) is 5.32 Å². The summed E-state index contributed by atoms with van der Waals surface area (Å²) in [6, 6.07) is 13.7. The first-order valence-electron chi connectivity index (χ1n) is 10.1. The van der Waals surface area contributed by atoms with Crippen LogP contribution in [-0.4, -0.2) is 21.5 Å². The molecule has 1 aliphatic rings. The number of thiocarbonyl (C=S) groups is 1. The van der Waals surface area contributed by atoms with Crippen LogP contribution in [0, 0.1) is 33.5 Å². The van der Waals surface area contributed by atoms with Crippen LogP contribution in [0.1, 0.15) is 28.1 Å². The first kappa shape index (κ1) is 21.6. The lowest BCUT2D eigenvalue weighted by Gasteiger charge is -2.30. The van der Waals surface area contributed by atoms with Crippen molar-refractivity contribution in [1.29, 1.82) is 0 Å². The van der Waals surface area contributed by atoms with Crippen molar-refractivity contribution in [3.05, 3.63) is 88.0 Å². The molecule has 0 atom stereocenters. The number of aryl methyl sites for hydroxylation is 2. The Bertz CT molecular complexity index is 1320. The average molecular weight is 448 g/mol. The number of benzene rings is 2. The summed E-state index contributed by atoms with van der Waals surface area (Å²) in [7, 11) is 0. The Morgan fingerprint density at radius 1 is 1.00 bits per heavy atom. The number of hydrogen-bond donors (Lipinski definition) is 1. The van der Waals surface area contributed by atoms with Gasteiger partial charge in [0.05, 0.1) is 5.69 Å². The van der Waals surface area contributed by atoms with Crippen molar-refractivity contribution in [2.75, 3.05) is 4.90 Å². The van der Waals surface area contributed by atoms with E-state index in [9.17, 15) is 14.0 Å². The number of anilines is 1. The molecule has 0 saturated carbocycles. The van der Waals surface area contributed by atoms with Crippen molar-refractivity contribution in [3.63, 3.8) is 0 Å². The van der Waals surface area contributed by atoms with Crippen molar-refractivity contribution < 1.29 is 14.0 Å². The summed E-state index contributed by atoms with van der Waals surface area (Å²) in [6.07, 6.45) is 1.57. The zero-order valence-corrected chi connectivity index (χ0v) is 19.0. The van der Waals surface area contributed by atoms with E-state index in [1.165, 1.54) is 17.0 Å². The van der Waals surface area contributed by atoms with Gasteiger partial charge in [0.1, 0.15) is 11.4 Å². The van der Waals surface area contributed by atoms with Gasteiger partial charge in [-0.2, -0.15) is 0 Å². The van der Waals surface area contributed by atoms with Gasteiger partial charge < -0.3 is 4.57 Å². The lowest BCUT2D eigenvalue weighted by atomic mass is 10.0. The molecular formula is C25H22FN3O2S. The molecule has 2 amide bonds. The summed E-state index contributed by atoms with van der Waals surface area (Å²) in [4.78, 5) is 27.4. The van der Waals surface area contributed by atoms with E-state index >= 15 is 0 Å². The molecule has 0 aliphatic carbocycles. The zero-order valence-electron chi connectivity index (χ0n) is 18.2. The van der Waals surface area contributed by atoms with Gasteiger partial charge in [-0.3, -0.25) is 19.8 Å². The first-order valence-corrected chi connectivity index (χ1v) is 10.5. The summed E-state index contributed by atoms with van der Waals surface area (Å²) in [5.41, 5.74) is 5.54. The van der Waals surface area contributed by atoms with Gasteiger partial charge in [-0.05, 0) is 93.0 Å². The summed E-state index contributed by atoms with van der Waals surface area (Å²) in [6.45, 7) is 7.61. The van der Waals surface area contributed by atoms with Crippen LogP contribution in [0.2, 0.25) is 0 Å². The van der Waals surface area contributed by atoms with Crippen LogP contribution in [0.3, 0.4) is 0 Å². The molecule has 2 heterocycles. The van der Waals surface area contributed by atoms with Gasteiger partial charge in [0.25, 0.3) is 11.8 Å². The quantitative estimate of drug-likeness (QED) is 0.360. The molecule has 0 bridgehead atoms. The molecule has 32 heavy (non-hydrogen) atoms. The fourth-order valence-electron chi connectivity index (χ4n) is 3.96. The maximum absolute atomic E-state index is 13.8. The van der Waals surface area contributed by atoms with Crippen LogP contribution in [-0.2, 0) is 9.59 Å². The second kappa shape index (κ2) is 8.16. The van der Waals surface area contributed by atoms with E-state index in [0.717, 1.165) is 22.5 Å². The van der Waals surface area contributed by atoms with E-state index in [-0.39, 0.29) is 16.5 Å². The molecule has 5 nitrogen and oxygen atoms in total. The van der Waals surface area contributed by atoms with Crippen LogP contribution in [0.25, 0.3) is 11.8 Å². The Morgan fingerprint density at radius 3 is 2.44 bits per heavy atom. The Labute approximate surface area is 191 Å². The fourth-order valence-corrected chi connectivity index (χ4v) is 4.23. The summed E-state index contributed by atoms with van der Waals surface area (Å²) < 4.78 is 15.6. The van der Waals surface area contributed by atoms with E-state index < -0.39 is 11.8 Å². The number of hydrogen-bond acceptors (Lipinski definition) is 3. The second-order valence-electron chi connectivity index (χ2n) is 7.82. The van der Waals surface area contributed by atoms with Crippen molar-refractivity contribution in [2.45, 2.75) is 27.7 Å². The maximum atomic E-state index is 13.8. The molecule has 1 saturated heterocycles. The predicted molar refractivity (Wildman–Crippen MR) is 127 cm³/mol. The van der Waals surface area contributed by atoms with Gasteiger partial charge in [-0.1, -0.05) is 18.2 Å². The third kappa shape index (κ3) is 3.65. The minimum absolute atomic E-state index is 0.0148. The van der Waals surface area contributed by atoms with Crippen molar-refractivity contribution in [2.24, 2.45) is 0 Å². The zero-order chi connectivity index (χ0) is 23.2. The molecule has 1 fully saturated rings. The van der Waals surface area contributed by atoms with E-state index in [0.29, 0.717) is 16.9 Å². The van der Waals surface area contributed by atoms with Crippen molar-refractivity contribution >= 4 is 40.9 Å². The molecule has 162 valence electrons. The van der Waals surface area contributed by atoms with Crippen molar-refractivity contribution in [3.8, 4) is 5.69 Å². The highest BCUT2D eigenvalue weighted by molar-refractivity contribution is 7.80. The number of rotatable bonds is 3. The van der Waals surface area contributed by atoms with Gasteiger partial charge in [-0.25, -0.2) is 4.39 Å². The lowest BCUT2D eigenvalue weighted by Crippen LogP contribution is -2.54. The van der Waals surface area contributed by atoms with Crippen LogP contribution in [0.15, 0.2) is 54.1 Å². The first-order chi connectivity index (χ1) is 15.2.